The molecule has 0 saturated heterocycles. The monoisotopic (exact) mass is 235 g/mol. The van der Waals surface area contributed by atoms with Crippen LogP contribution >= 0.6 is 0 Å². The van der Waals surface area contributed by atoms with Crippen LogP contribution in [0.15, 0.2) is 30.3 Å². The van der Waals surface area contributed by atoms with Crippen molar-refractivity contribution in [2.45, 2.75) is 26.2 Å². The predicted octanol–water partition coefficient (Wildman–Crippen LogP) is 1.92. The van der Waals surface area contributed by atoms with Crippen molar-refractivity contribution in [2.24, 2.45) is 5.92 Å². The van der Waals surface area contributed by atoms with Crippen molar-refractivity contribution in [2.75, 3.05) is 13.2 Å². The molecule has 0 heterocycles. The Morgan fingerprint density at radius 1 is 1.29 bits per heavy atom. The van der Waals surface area contributed by atoms with Gasteiger partial charge in [-0.25, -0.2) is 0 Å². The van der Waals surface area contributed by atoms with Crippen LogP contribution in [0.5, 0.6) is 0 Å². The molecular weight excluding hydrogens is 214 g/mol. The van der Waals surface area contributed by atoms with Gasteiger partial charge in [0, 0.05) is 13.2 Å². The van der Waals surface area contributed by atoms with Gasteiger partial charge >= 0.3 is 0 Å². The summed E-state index contributed by atoms with van der Waals surface area (Å²) in [4.78, 5) is 11.9. The molecule has 2 atom stereocenters. The molecule has 0 aliphatic rings. The first kappa shape index (κ1) is 13.7. The smallest absolute Gasteiger partial charge is 0.227 e. The van der Waals surface area contributed by atoms with Gasteiger partial charge in [-0.05, 0) is 24.8 Å². The average molecular weight is 235 g/mol. The van der Waals surface area contributed by atoms with Crippen molar-refractivity contribution in [3.05, 3.63) is 35.9 Å². The van der Waals surface area contributed by atoms with Gasteiger partial charge in [-0.3, -0.25) is 4.79 Å². The first-order valence-electron chi connectivity index (χ1n) is 6.08. The Morgan fingerprint density at radius 2 is 1.94 bits per heavy atom. The molecule has 17 heavy (non-hydrogen) atoms. The van der Waals surface area contributed by atoms with E-state index in [0.717, 1.165) is 12.0 Å². The highest BCUT2D eigenvalue weighted by molar-refractivity contribution is 5.83. The Hall–Kier alpha value is -1.35. The lowest BCUT2D eigenvalue weighted by Crippen LogP contribution is -2.32. The van der Waals surface area contributed by atoms with Crippen molar-refractivity contribution < 1.29 is 9.90 Å². The van der Waals surface area contributed by atoms with Crippen molar-refractivity contribution in [1.29, 1.82) is 0 Å². The van der Waals surface area contributed by atoms with Gasteiger partial charge in [-0.1, -0.05) is 37.3 Å². The van der Waals surface area contributed by atoms with Crippen molar-refractivity contribution in [3.8, 4) is 0 Å². The van der Waals surface area contributed by atoms with E-state index in [-0.39, 0.29) is 18.4 Å². The molecule has 0 aliphatic heterocycles. The number of hydrogen-bond acceptors (Lipinski definition) is 2. The van der Waals surface area contributed by atoms with E-state index in [0.29, 0.717) is 12.5 Å². The van der Waals surface area contributed by atoms with Crippen LogP contribution in [0, 0.1) is 5.92 Å². The average Bonchev–Trinajstić information content (AvgIpc) is 2.36. The number of rotatable bonds is 6. The second-order valence-electron chi connectivity index (χ2n) is 4.49. The van der Waals surface area contributed by atoms with Crippen molar-refractivity contribution in [1.82, 2.24) is 5.32 Å². The van der Waals surface area contributed by atoms with Gasteiger partial charge in [-0.2, -0.15) is 0 Å². The molecule has 0 spiro atoms. The molecule has 1 rings (SSSR count). The minimum atomic E-state index is -0.127. The zero-order valence-electron chi connectivity index (χ0n) is 10.5. The number of aliphatic hydroxyl groups excluding tert-OH is 1. The molecule has 3 heteroatoms. The van der Waals surface area contributed by atoms with Crippen LogP contribution in [0.25, 0.3) is 0 Å². The van der Waals surface area contributed by atoms with Crippen LogP contribution in [0.2, 0.25) is 0 Å². The third kappa shape index (κ3) is 4.57. The topological polar surface area (TPSA) is 49.3 Å². The van der Waals surface area contributed by atoms with Crippen molar-refractivity contribution in [3.63, 3.8) is 0 Å². The molecule has 0 radical (unpaired) electrons. The van der Waals surface area contributed by atoms with Gasteiger partial charge in [0.05, 0.1) is 5.92 Å². The summed E-state index contributed by atoms with van der Waals surface area (Å²) in [5, 5.41) is 11.7. The molecule has 1 aromatic carbocycles. The highest BCUT2D eigenvalue weighted by Gasteiger charge is 2.14. The third-order valence-corrected chi connectivity index (χ3v) is 2.94. The van der Waals surface area contributed by atoms with E-state index in [1.807, 2.05) is 44.2 Å². The Bertz CT molecular complexity index is 337. The number of carbonyl (C=O) groups excluding carboxylic acids is 1. The van der Waals surface area contributed by atoms with E-state index in [9.17, 15) is 4.79 Å². The summed E-state index contributed by atoms with van der Waals surface area (Å²) in [6.45, 7) is 4.72. The number of nitrogens with one attached hydrogen (secondary N) is 1. The summed E-state index contributed by atoms with van der Waals surface area (Å²) >= 11 is 0. The van der Waals surface area contributed by atoms with Crippen molar-refractivity contribution >= 4 is 5.91 Å². The number of carbonyl (C=O) groups is 1. The summed E-state index contributed by atoms with van der Waals surface area (Å²) < 4.78 is 0. The van der Waals surface area contributed by atoms with Crippen LogP contribution in [0.1, 0.15) is 31.7 Å². The van der Waals surface area contributed by atoms with Gasteiger partial charge in [0.2, 0.25) is 5.91 Å². The third-order valence-electron chi connectivity index (χ3n) is 2.94. The van der Waals surface area contributed by atoms with Crippen LogP contribution < -0.4 is 5.32 Å². The van der Waals surface area contributed by atoms with E-state index < -0.39 is 0 Å². The Labute approximate surface area is 103 Å². The zero-order chi connectivity index (χ0) is 12.7. The maximum Gasteiger partial charge on any atom is 0.227 e. The number of amides is 1. The van der Waals surface area contributed by atoms with Gasteiger partial charge in [0.1, 0.15) is 0 Å². The van der Waals surface area contributed by atoms with Crippen LogP contribution in [0.4, 0.5) is 0 Å². The van der Waals surface area contributed by atoms with E-state index in [1.54, 1.807) is 0 Å². The number of aliphatic hydroxyl groups is 1. The first-order valence-corrected chi connectivity index (χ1v) is 6.08. The molecule has 0 saturated carbocycles. The van der Waals surface area contributed by atoms with Crippen LogP contribution in [-0.4, -0.2) is 24.2 Å². The maximum absolute atomic E-state index is 11.9. The lowest BCUT2D eigenvalue weighted by molar-refractivity contribution is -0.122. The zero-order valence-corrected chi connectivity index (χ0v) is 10.5. The molecule has 94 valence electrons. The standard InChI is InChI=1S/C14H21NO2/c1-11(8-9-16)10-15-14(17)12(2)13-6-4-3-5-7-13/h3-7,11-12,16H,8-10H2,1-2H3,(H,15,17). The molecule has 0 aliphatic carbocycles. The van der Waals surface area contributed by atoms with Crippen LogP contribution in [0.3, 0.4) is 0 Å². The number of hydrogen-bond donors (Lipinski definition) is 2. The molecule has 0 bridgehead atoms. The summed E-state index contributed by atoms with van der Waals surface area (Å²) in [6.07, 6.45) is 0.722. The Balaban J connectivity index is 2.43. The van der Waals surface area contributed by atoms with E-state index >= 15 is 0 Å². The summed E-state index contributed by atoms with van der Waals surface area (Å²) in [5.74, 6) is 0.227. The molecule has 3 nitrogen and oxygen atoms in total. The highest BCUT2D eigenvalue weighted by atomic mass is 16.3. The Kier molecular flexibility index (Phi) is 5.70. The molecule has 0 aromatic heterocycles. The fraction of sp³-hybridized carbons (Fsp3) is 0.500. The van der Waals surface area contributed by atoms with Gasteiger partial charge in [0.25, 0.3) is 0 Å². The van der Waals surface area contributed by atoms with E-state index in [2.05, 4.69) is 5.32 Å². The molecule has 1 aromatic rings. The first-order chi connectivity index (χ1) is 8.15. The highest BCUT2D eigenvalue weighted by Crippen LogP contribution is 2.14. The summed E-state index contributed by atoms with van der Waals surface area (Å²) in [5.41, 5.74) is 1.03. The van der Waals surface area contributed by atoms with Gasteiger partial charge in [-0.15, -0.1) is 0 Å². The minimum absolute atomic E-state index is 0.0426. The molecule has 1 amide bonds. The minimum Gasteiger partial charge on any atom is -0.396 e. The van der Waals surface area contributed by atoms with Gasteiger partial charge in [0.15, 0.2) is 0 Å². The lowest BCUT2D eigenvalue weighted by atomic mass is 10.00. The van der Waals surface area contributed by atoms with Gasteiger partial charge < -0.3 is 10.4 Å². The second-order valence-corrected chi connectivity index (χ2v) is 4.49. The lowest BCUT2D eigenvalue weighted by Gasteiger charge is -2.15. The summed E-state index contributed by atoms with van der Waals surface area (Å²) in [6, 6.07) is 9.74. The normalized spacial score (nSPS) is 14.1. The van der Waals surface area contributed by atoms with E-state index in [1.165, 1.54) is 0 Å². The molecule has 2 unspecified atom stereocenters. The molecule has 2 N–H and O–H groups in total. The molecular formula is C14H21NO2. The maximum atomic E-state index is 11.9. The quantitative estimate of drug-likeness (QED) is 0.791. The number of benzene rings is 1. The molecule has 0 fully saturated rings. The predicted molar refractivity (Wildman–Crippen MR) is 68.7 cm³/mol. The van der Waals surface area contributed by atoms with E-state index in [4.69, 9.17) is 5.11 Å². The SMILES string of the molecule is CC(CCO)CNC(=O)C(C)c1ccccc1. The summed E-state index contributed by atoms with van der Waals surface area (Å²) in [7, 11) is 0. The second kappa shape index (κ2) is 7.07. The fourth-order valence-corrected chi connectivity index (χ4v) is 1.64. The Morgan fingerprint density at radius 3 is 2.53 bits per heavy atom. The van der Waals surface area contributed by atoms with Crippen LogP contribution in [-0.2, 0) is 4.79 Å². The fourth-order valence-electron chi connectivity index (χ4n) is 1.64. The largest absolute Gasteiger partial charge is 0.396 e.